The number of halogens is 1. The number of benzene rings is 1. The van der Waals surface area contributed by atoms with Crippen LogP contribution < -0.4 is 10.1 Å². The van der Waals surface area contributed by atoms with Crippen LogP contribution in [0.5, 0.6) is 5.75 Å². The van der Waals surface area contributed by atoms with Crippen molar-refractivity contribution in [2.45, 2.75) is 31.6 Å². The Morgan fingerprint density at radius 1 is 1.33 bits per heavy atom. The van der Waals surface area contributed by atoms with Crippen molar-refractivity contribution in [3.63, 3.8) is 0 Å². The summed E-state index contributed by atoms with van der Waals surface area (Å²) in [7, 11) is 1.65. The zero-order valence-electron chi connectivity index (χ0n) is 8.87. The highest BCUT2D eigenvalue weighted by Gasteiger charge is 2.29. The molecular weight excluding hydrogens is 193 g/mol. The van der Waals surface area contributed by atoms with Gasteiger partial charge in [-0.1, -0.05) is 12.1 Å². The molecule has 82 valence electrons. The van der Waals surface area contributed by atoms with Gasteiger partial charge in [0, 0.05) is 12.6 Å². The predicted molar refractivity (Wildman–Crippen MR) is 57.8 cm³/mol. The fourth-order valence-electron chi connectivity index (χ4n) is 1.68. The molecule has 2 unspecified atom stereocenters. The van der Waals surface area contributed by atoms with Crippen molar-refractivity contribution < 1.29 is 9.13 Å². The van der Waals surface area contributed by atoms with E-state index in [9.17, 15) is 4.39 Å². The van der Waals surface area contributed by atoms with E-state index in [0.717, 1.165) is 24.3 Å². The number of rotatable bonds is 4. The number of nitrogens with one attached hydrogen (secondary N) is 1. The third-order valence-corrected chi connectivity index (χ3v) is 2.92. The van der Waals surface area contributed by atoms with Crippen molar-refractivity contribution in [3.05, 3.63) is 29.8 Å². The van der Waals surface area contributed by atoms with E-state index in [1.54, 1.807) is 7.11 Å². The minimum atomic E-state index is -0.650. The second-order valence-electron chi connectivity index (χ2n) is 3.93. The summed E-state index contributed by atoms with van der Waals surface area (Å²) in [6.45, 7) is 0.731. The summed E-state index contributed by atoms with van der Waals surface area (Å²) in [5.74, 6) is 0.853. The first-order valence-electron chi connectivity index (χ1n) is 5.30. The van der Waals surface area contributed by atoms with Crippen molar-refractivity contribution in [2.24, 2.45) is 0 Å². The van der Waals surface area contributed by atoms with E-state index in [2.05, 4.69) is 5.32 Å². The van der Waals surface area contributed by atoms with E-state index in [-0.39, 0.29) is 6.04 Å². The Labute approximate surface area is 89.4 Å². The van der Waals surface area contributed by atoms with Crippen molar-refractivity contribution >= 4 is 0 Å². The van der Waals surface area contributed by atoms with E-state index in [1.165, 1.54) is 0 Å². The molecule has 0 spiro atoms. The molecule has 2 nitrogen and oxygen atoms in total. The molecule has 1 aromatic rings. The molecule has 0 heterocycles. The Morgan fingerprint density at radius 3 is 2.53 bits per heavy atom. The van der Waals surface area contributed by atoms with Gasteiger partial charge in [-0.05, 0) is 30.5 Å². The van der Waals surface area contributed by atoms with Gasteiger partial charge >= 0.3 is 0 Å². The largest absolute Gasteiger partial charge is 0.497 e. The molecule has 1 fully saturated rings. The van der Waals surface area contributed by atoms with Crippen LogP contribution in [0.3, 0.4) is 0 Å². The van der Waals surface area contributed by atoms with Crippen molar-refractivity contribution in [1.82, 2.24) is 5.32 Å². The summed E-state index contributed by atoms with van der Waals surface area (Å²) in [6.07, 6.45) is 1.01. The maximum Gasteiger partial charge on any atom is 0.118 e. The first-order chi connectivity index (χ1) is 7.29. The van der Waals surface area contributed by atoms with Crippen LogP contribution >= 0.6 is 0 Å². The van der Waals surface area contributed by atoms with Gasteiger partial charge < -0.3 is 10.1 Å². The van der Waals surface area contributed by atoms with Crippen molar-refractivity contribution in [1.29, 1.82) is 0 Å². The molecule has 0 aromatic heterocycles. The Kier molecular flexibility index (Phi) is 3.21. The molecule has 0 aliphatic heterocycles. The van der Waals surface area contributed by atoms with Gasteiger partial charge in [-0.25, -0.2) is 4.39 Å². The molecule has 1 aliphatic rings. The number of methoxy groups -OCH3 is 1. The summed E-state index contributed by atoms with van der Waals surface area (Å²) in [6, 6.07) is 7.90. The summed E-state index contributed by atoms with van der Waals surface area (Å²) in [5, 5.41) is 3.21. The second kappa shape index (κ2) is 4.62. The molecule has 0 saturated heterocycles. The maximum absolute atomic E-state index is 12.9. The fraction of sp³-hybridized carbons (Fsp3) is 0.500. The molecule has 0 bridgehead atoms. The topological polar surface area (TPSA) is 21.3 Å². The van der Waals surface area contributed by atoms with E-state index in [4.69, 9.17) is 4.74 Å². The lowest BCUT2D eigenvalue weighted by atomic mass is 9.90. The summed E-state index contributed by atoms with van der Waals surface area (Å²) < 4.78 is 18.0. The Hall–Kier alpha value is -1.09. The van der Waals surface area contributed by atoms with Crippen LogP contribution in [-0.4, -0.2) is 19.3 Å². The molecule has 3 heteroatoms. The van der Waals surface area contributed by atoms with Crippen LogP contribution in [0.4, 0.5) is 4.39 Å². The molecular formula is C12H16FNO. The first-order valence-corrected chi connectivity index (χ1v) is 5.30. The lowest BCUT2D eigenvalue weighted by molar-refractivity contribution is 0.141. The SMILES string of the molecule is COc1ccc(CNC2CCC2F)cc1. The number of alkyl halides is 1. The normalized spacial score (nSPS) is 24.7. The Bertz CT molecular complexity index is 312. The molecule has 1 aromatic carbocycles. The zero-order valence-corrected chi connectivity index (χ0v) is 8.87. The predicted octanol–water partition coefficient (Wildman–Crippen LogP) is 2.29. The Balaban J connectivity index is 1.82. The smallest absolute Gasteiger partial charge is 0.118 e. The molecule has 1 N–H and O–H groups in total. The first kappa shape index (κ1) is 10.4. The van der Waals surface area contributed by atoms with Gasteiger partial charge in [-0.2, -0.15) is 0 Å². The monoisotopic (exact) mass is 209 g/mol. The average molecular weight is 209 g/mol. The second-order valence-corrected chi connectivity index (χ2v) is 3.93. The van der Waals surface area contributed by atoms with Gasteiger partial charge in [0.2, 0.25) is 0 Å². The summed E-state index contributed by atoms with van der Waals surface area (Å²) >= 11 is 0. The van der Waals surface area contributed by atoms with Gasteiger partial charge in [0.25, 0.3) is 0 Å². The number of hydrogen-bond donors (Lipinski definition) is 1. The van der Waals surface area contributed by atoms with Gasteiger partial charge in [0.15, 0.2) is 0 Å². The minimum Gasteiger partial charge on any atom is -0.497 e. The highest BCUT2D eigenvalue weighted by atomic mass is 19.1. The highest BCUT2D eigenvalue weighted by Crippen LogP contribution is 2.23. The van der Waals surface area contributed by atoms with E-state index in [0.29, 0.717) is 6.42 Å². The molecule has 1 aliphatic carbocycles. The molecule has 2 atom stereocenters. The molecule has 0 amide bonds. The maximum atomic E-state index is 12.9. The Morgan fingerprint density at radius 2 is 2.07 bits per heavy atom. The van der Waals surface area contributed by atoms with Crippen molar-refractivity contribution in [3.8, 4) is 5.75 Å². The third-order valence-electron chi connectivity index (χ3n) is 2.92. The van der Waals surface area contributed by atoms with Gasteiger partial charge in [0.1, 0.15) is 11.9 Å². The average Bonchev–Trinajstić information content (AvgIpc) is 2.28. The molecule has 2 rings (SSSR count). The van der Waals surface area contributed by atoms with Gasteiger partial charge in [-0.3, -0.25) is 0 Å². The standard InChI is InChI=1S/C12H16FNO/c1-15-10-4-2-9(3-5-10)8-14-12-7-6-11(12)13/h2-5,11-12,14H,6-8H2,1H3. The van der Waals surface area contributed by atoms with Crippen LogP contribution in [-0.2, 0) is 6.54 Å². The van der Waals surface area contributed by atoms with Gasteiger partial charge in [0.05, 0.1) is 7.11 Å². The van der Waals surface area contributed by atoms with Gasteiger partial charge in [-0.15, -0.1) is 0 Å². The van der Waals surface area contributed by atoms with Crippen LogP contribution in [0.15, 0.2) is 24.3 Å². The number of hydrogen-bond acceptors (Lipinski definition) is 2. The molecule has 0 radical (unpaired) electrons. The summed E-state index contributed by atoms with van der Waals surface area (Å²) in [4.78, 5) is 0. The van der Waals surface area contributed by atoms with Crippen molar-refractivity contribution in [2.75, 3.05) is 7.11 Å². The quantitative estimate of drug-likeness (QED) is 0.821. The highest BCUT2D eigenvalue weighted by molar-refractivity contribution is 5.27. The summed E-state index contributed by atoms with van der Waals surface area (Å²) in [5.41, 5.74) is 1.16. The fourth-order valence-corrected chi connectivity index (χ4v) is 1.68. The van der Waals surface area contributed by atoms with Crippen LogP contribution in [0.2, 0.25) is 0 Å². The molecule has 1 saturated carbocycles. The van der Waals surface area contributed by atoms with E-state index >= 15 is 0 Å². The van der Waals surface area contributed by atoms with E-state index < -0.39 is 6.17 Å². The zero-order chi connectivity index (χ0) is 10.7. The van der Waals surface area contributed by atoms with Crippen LogP contribution in [0.1, 0.15) is 18.4 Å². The van der Waals surface area contributed by atoms with Crippen LogP contribution in [0, 0.1) is 0 Å². The number of ether oxygens (including phenoxy) is 1. The lowest BCUT2D eigenvalue weighted by Gasteiger charge is -2.31. The minimum absolute atomic E-state index is 0.0621. The van der Waals surface area contributed by atoms with E-state index in [1.807, 2.05) is 24.3 Å². The van der Waals surface area contributed by atoms with Crippen LogP contribution in [0.25, 0.3) is 0 Å². The third kappa shape index (κ3) is 2.48. The molecule has 15 heavy (non-hydrogen) atoms. The lowest BCUT2D eigenvalue weighted by Crippen LogP contribution is -2.44.